The van der Waals surface area contributed by atoms with Crippen molar-refractivity contribution in [1.82, 2.24) is 9.78 Å². The van der Waals surface area contributed by atoms with E-state index in [1.807, 2.05) is 0 Å². The highest BCUT2D eigenvalue weighted by Crippen LogP contribution is 2.33. The van der Waals surface area contributed by atoms with Crippen molar-refractivity contribution in [1.29, 1.82) is 0 Å². The molecule has 0 amide bonds. The third-order valence-corrected chi connectivity index (χ3v) is 3.79. The summed E-state index contributed by atoms with van der Waals surface area (Å²) in [6, 6.07) is 7.14. The molecule has 6 heteroatoms. The maximum absolute atomic E-state index is 14.2. The van der Waals surface area contributed by atoms with E-state index in [0.717, 1.165) is 0 Å². The van der Waals surface area contributed by atoms with E-state index < -0.39 is 18.2 Å². The summed E-state index contributed by atoms with van der Waals surface area (Å²) in [4.78, 5) is 0. The number of halogens is 4. The van der Waals surface area contributed by atoms with Gasteiger partial charge < -0.3 is 0 Å². The van der Waals surface area contributed by atoms with Crippen LogP contribution in [0.25, 0.3) is 22.0 Å². The van der Waals surface area contributed by atoms with Gasteiger partial charge in [0.25, 0.3) is 0 Å². The Hall–Kier alpha value is -2.37. The van der Waals surface area contributed by atoms with Crippen molar-refractivity contribution in [3.8, 4) is 11.1 Å². The molecule has 0 N–H and O–H groups in total. The Morgan fingerprint density at radius 2 is 1.70 bits per heavy atom. The summed E-state index contributed by atoms with van der Waals surface area (Å²) in [5, 5.41) is 4.07. The van der Waals surface area contributed by atoms with Gasteiger partial charge in [0.1, 0.15) is 11.6 Å². The molecule has 0 saturated carbocycles. The molecule has 3 rings (SSSR count). The van der Waals surface area contributed by atoms with Gasteiger partial charge in [-0.05, 0) is 35.2 Å². The molecule has 0 spiro atoms. The minimum Gasteiger partial charge on any atom is -0.207 e. The summed E-state index contributed by atoms with van der Waals surface area (Å²) in [6.07, 6.45) is 1.28. The second kappa shape index (κ2) is 5.68. The Balaban J connectivity index is 2.22. The zero-order valence-electron chi connectivity index (χ0n) is 12.5. The lowest BCUT2D eigenvalue weighted by Gasteiger charge is -2.12. The van der Waals surface area contributed by atoms with Gasteiger partial charge in [-0.1, -0.05) is 26.0 Å². The Kier molecular flexibility index (Phi) is 3.83. The molecule has 0 aliphatic carbocycles. The largest absolute Gasteiger partial charge is 0.333 e. The predicted molar refractivity (Wildman–Crippen MR) is 80.4 cm³/mol. The van der Waals surface area contributed by atoms with Crippen molar-refractivity contribution in [2.75, 3.05) is 0 Å². The minimum absolute atomic E-state index is 0.0178. The molecular formula is C17H14F4N2. The smallest absolute Gasteiger partial charge is 0.207 e. The van der Waals surface area contributed by atoms with Gasteiger partial charge in [-0.3, -0.25) is 0 Å². The Morgan fingerprint density at radius 1 is 1.04 bits per heavy atom. The van der Waals surface area contributed by atoms with E-state index in [4.69, 9.17) is 0 Å². The van der Waals surface area contributed by atoms with E-state index in [1.54, 1.807) is 26.0 Å². The maximum atomic E-state index is 14.2. The Labute approximate surface area is 130 Å². The number of benzene rings is 2. The fraction of sp³-hybridized carbons (Fsp3) is 0.235. The van der Waals surface area contributed by atoms with Crippen molar-refractivity contribution in [2.24, 2.45) is 0 Å². The van der Waals surface area contributed by atoms with E-state index >= 15 is 0 Å². The molecule has 1 aromatic heterocycles. The van der Waals surface area contributed by atoms with Crippen LogP contribution in [0.5, 0.6) is 0 Å². The fourth-order valence-corrected chi connectivity index (χ4v) is 2.77. The second-order valence-electron chi connectivity index (χ2n) is 5.61. The first-order valence-electron chi connectivity index (χ1n) is 7.14. The lowest BCUT2D eigenvalue weighted by atomic mass is 9.96. The number of rotatable bonds is 3. The molecule has 0 fully saturated rings. The predicted octanol–water partition coefficient (Wildman–Crippen LogP) is 5.50. The monoisotopic (exact) mass is 322 g/mol. The Morgan fingerprint density at radius 3 is 2.26 bits per heavy atom. The van der Waals surface area contributed by atoms with Gasteiger partial charge in [0.2, 0.25) is 0 Å². The summed E-state index contributed by atoms with van der Waals surface area (Å²) in [5.41, 5.74) is 0.988. The van der Waals surface area contributed by atoms with Crippen molar-refractivity contribution in [2.45, 2.75) is 26.3 Å². The van der Waals surface area contributed by atoms with Crippen molar-refractivity contribution in [3.63, 3.8) is 0 Å². The molecule has 0 saturated heterocycles. The van der Waals surface area contributed by atoms with Gasteiger partial charge in [0.15, 0.2) is 0 Å². The van der Waals surface area contributed by atoms with Crippen LogP contribution in [0.15, 0.2) is 36.5 Å². The molecule has 0 atom stereocenters. The van der Waals surface area contributed by atoms with Crippen LogP contribution in [0.3, 0.4) is 0 Å². The van der Waals surface area contributed by atoms with Crippen LogP contribution in [0.4, 0.5) is 17.6 Å². The first kappa shape index (κ1) is 15.5. The van der Waals surface area contributed by atoms with E-state index in [2.05, 4.69) is 5.10 Å². The molecular weight excluding hydrogens is 308 g/mol. The quantitative estimate of drug-likeness (QED) is 0.582. The average Bonchev–Trinajstić information content (AvgIpc) is 2.89. The zero-order chi connectivity index (χ0) is 16.7. The van der Waals surface area contributed by atoms with Gasteiger partial charge >= 0.3 is 6.55 Å². The van der Waals surface area contributed by atoms with Gasteiger partial charge in [0, 0.05) is 10.9 Å². The third-order valence-electron chi connectivity index (χ3n) is 3.79. The molecule has 0 radical (unpaired) electrons. The molecule has 120 valence electrons. The summed E-state index contributed by atoms with van der Waals surface area (Å²) in [5.74, 6) is -1.58. The summed E-state index contributed by atoms with van der Waals surface area (Å²) >= 11 is 0. The number of fused-ring (bicyclic) bond motifs is 1. The van der Waals surface area contributed by atoms with E-state index in [9.17, 15) is 17.6 Å². The van der Waals surface area contributed by atoms with Crippen LogP contribution >= 0.6 is 0 Å². The highest BCUT2D eigenvalue weighted by atomic mass is 19.3. The topological polar surface area (TPSA) is 17.8 Å². The number of nitrogens with zero attached hydrogens (tertiary/aromatic N) is 2. The van der Waals surface area contributed by atoms with Crippen LogP contribution in [0, 0.1) is 11.6 Å². The lowest BCUT2D eigenvalue weighted by molar-refractivity contribution is 0.0615. The maximum Gasteiger partial charge on any atom is 0.333 e. The highest BCUT2D eigenvalue weighted by molar-refractivity contribution is 5.94. The molecule has 3 aromatic rings. The van der Waals surface area contributed by atoms with Gasteiger partial charge in [-0.2, -0.15) is 13.9 Å². The van der Waals surface area contributed by atoms with E-state index in [0.29, 0.717) is 21.2 Å². The molecule has 0 bridgehead atoms. The number of hydrogen-bond acceptors (Lipinski definition) is 1. The second-order valence-corrected chi connectivity index (χ2v) is 5.61. The highest BCUT2D eigenvalue weighted by Gasteiger charge is 2.18. The molecule has 0 aliphatic rings. The first-order chi connectivity index (χ1) is 10.9. The SMILES string of the molecule is CC(C)c1c(F)cc(-c2cccc3c2cnn3C(F)F)cc1F. The normalized spacial score (nSPS) is 11.8. The van der Waals surface area contributed by atoms with Crippen LogP contribution < -0.4 is 0 Å². The zero-order valence-corrected chi connectivity index (χ0v) is 12.5. The third kappa shape index (κ3) is 2.58. The summed E-state index contributed by atoms with van der Waals surface area (Å²) < 4.78 is 54.8. The first-order valence-corrected chi connectivity index (χ1v) is 7.14. The summed E-state index contributed by atoms with van der Waals surface area (Å²) in [6.45, 7) is 0.628. The van der Waals surface area contributed by atoms with Crippen LogP contribution in [0.2, 0.25) is 0 Å². The molecule has 0 aliphatic heterocycles. The van der Waals surface area contributed by atoms with Crippen molar-refractivity contribution < 1.29 is 17.6 Å². The van der Waals surface area contributed by atoms with Crippen LogP contribution in [0.1, 0.15) is 31.9 Å². The average molecular weight is 322 g/mol. The molecule has 0 unspecified atom stereocenters. The van der Waals surface area contributed by atoms with Gasteiger partial charge in [-0.25, -0.2) is 13.5 Å². The number of alkyl halides is 2. The van der Waals surface area contributed by atoms with E-state index in [-0.39, 0.29) is 17.0 Å². The Bertz CT molecular complexity index is 845. The molecule has 2 nitrogen and oxygen atoms in total. The van der Waals surface area contributed by atoms with Crippen molar-refractivity contribution in [3.05, 3.63) is 53.7 Å². The number of hydrogen-bond donors (Lipinski definition) is 0. The van der Waals surface area contributed by atoms with Gasteiger partial charge in [-0.15, -0.1) is 0 Å². The molecule has 23 heavy (non-hydrogen) atoms. The number of aromatic nitrogens is 2. The standard InChI is InChI=1S/C17H14F4N2/c1-9(2)16-13(18)6-10(7-14(16)19)11-4-3-5-15-12(11)8-22-23(15)17(20)21/h3-9,17H,1-2H3. The molecule has 2 aromatic carbocycles. The minimum atomic E-state index is -2.78. The summed E-state index contributed by atoms with van der Waals surface area (Å²) in [7, 11) is 0. The van der Waals surface area contributed by atoms with E-state index in [1.165, 1.54) is 24.4 Å². The van der Waals surface area contributed by atoms with Crippen molar-refractivity contribution >= 4 is 10.9 Å². The fourth-order valence-electron chi connectivity index (χ4n) is 2.77. The lowest BCUT2D eigenvalue weighted by Crippen LogP contribution is -2.00. The van der Waals surface area contributed by atoms with Crippen LogP contribution in [-0.4, -0.2) is 9.78 Å². The van der Waals surface area contributed by atoms with Gasteiger partial charge in [0.05, 0.1) is 11.7 Å². The van der Waals surface area contributed by atoms with Crippen LogP contribution in [-0.2, 0) is 0 Å². The molecule has 1 heterocycles.